The van der Waals surface area contributed by atoms with Crippen LogP contribution >= 0.6 is 0 Å². The van der Waals surface area contributed by atoms with E-state index in [1.165, 1.54) is 42.6 Å². The molecule has 1 unspecified atom stereocenters. The molecule has 34 heavy (non-hydrogen) atoms. The fourth-order valence-corrected chi connectivity index (χ4v) is 5.30. The summed E-state index contributed by atoms with van der Waals surface area (Å²) in [5, 5.41) is 3.18. The molecule has 0 spiro atoms. The predicted molar refractivity (Wildman–Crippen MR) is 138 cm³/mol. The molecule has 0 bridgehead atoms. The molecule has 2 fully saturated rings. The number of hydrogen-bond donors (Lipinski definition) is 1. The van der Waals surface area contributed by atoms with Crippen LogP contribution < -0.4 is 10.1 Å². The minimum absolute atomic E-state index is 0.117. The van der Waals surface area contributed by atoms with E-state index in [9.17, 15) is 4.79 Å². The minimum atomic E-state index is 0.117. The van der Waals surface area contributed by atoms with Gasteiger partial charge in [-0.25, -0.2) is 0 Å². The molecule has 184 valence electrons. The Morgan fingerprint density at radius 3 is 2.41 bits per heavy atom. The van der Waals surface area contributed by atoms with E-state index >= 15 is 0 Å². The van der Waals surface area contributed by atoms with Crippen molar-refractivity contribution >= 4 is 5.91 Å². The summed E-state index contributed by atoms with van der Waals surface area (Å²) >= 11 is 0. The van der Waals surface area contributed by atoms with E-state index < -0.39 is 0 Å². The molecule has 2 aromatic carbocycles. The maximum absolute atomic E-state index is 12.8. The lowest BCUT2D eigenvalue weighted by Gasteiger charge is -2.31. The van der Waals surface area contributed by atoms with Gasteiger partial charge >= 0.3 is 0 Å². The van der Waals surface area contributed by atoms with Crippen molar-refractivity contribution in [1.29, 1.82) is 0 Å². The Labute approximate surface area is 205 Å². The fourth-order valence-electron chi connectivity index (χ4n) is 5.30. The van der Waals surface area contributed by atoms with Gasteiger partial charge in [-0.1, -0.05) is 43.3 Å². The molecule has 1 amide bonds. The maximum atomic E-state index is 12.8. The molecular formula is C29H41N3O2. The molecule has 0 aliphatic carbocycles. The Kier molecular flexibility index (Phi) is 9.00. The summed E-state index contributed by atoms with van der Waals surface area (Å²) in [5.74, 6) is 2.06. The van der Waals surface area contributed by atoms with Crippen LogP contribution in [-0.2, 0) is 24.4 Å². The number of likely N-dealkylation sites (tertiary alicyclic amines) is 2. The summed E-state index contributed by atoms with van der Waals surface area (Å²) < 4.78 is 5.62. The van der Waals surface area contributed by atoms with Crippen molar-refractivity contribution in [3.63, 3.8) is 0 Å². The smallest absolute Gasteiger partial charge is 0.223 e. The molecule has 2 aliphatic rings. The molecule has 2 saturated heterocycles. The zero-order valence-electron chi connectivity index (χ0n) is 21.0. The Balaban J connectivity index is 1.17. The van der Waals surface area contributed by atoms with Crippen molar-refractivity contribution in [3.05, 3.63) is 65.2 Å². The highest BCUT2D eigenvalue weighted by Crippen LogP contribution is 2.22. The van der Waals surface area contributed by atoms with E-state index in [1.54, 1.807) is 0 Å². The highest BCUT2D eigenvalue weighted by molar-refractivity contribution is 5.78. The SMILES string of the molecule is CCOc1cccc(CN2CCC(C(=O)NCc3ccc(CN4CCCC(C)C4)cc3)CC2)c1. The summed E-state index contributed by atoms with van der Waals surface area (Å²) in [7, 11) is 0. The van der Waals surface area contributed by atoms with E-state index in [1.807, 2.05) is 13.0 Å². The standard InChI is InChI=1S/C29H41N3O2/c1-3-34-28-8-4-7-26(18-28)22-31-16-13-27(14-17-31)29(33)30-19-24-9-11-25(12-10-24)21-32-15-5-6-23(2)20-32/h4,7-12,18,23,27H,3,5-6,13-17,19-22H2,1-2H3,(H,30,33). The fraction of sp³-hybridized carbons (Fsp3) is 0.552. The third-order valence-corrected chi connectivity index (χ3v) is 7.21. The minimum Gasteiger partial charge on any atom is -0.494 e. The third kappa shape index (κ3) is 7.31. The quantitative estimate of drug-likeness (QED) is 0.578. The van der Waals surface area contributed by atoms with E-state index in [4.69, 9.17) is 4.74 Å². The van der Waals surface area contributed by atoms with Crippen LogP contribution in [0.2, 0.25) is 0 Å². The first-order chi connectivity index (χ1) is 16.6. The van der Waals surface area contributed by atoms with Gasteiger partial charge in [0, 0.05) is 32.1 Å². The van der Waals surface area contributed by atoms with Gasteiger partial charge in [-0.3, -0.25) is 14.6 Å². The van der Waals surface area contributed by atoms with Gasteiger partial charge in [-0.15, -0.1) is 0 Å². The topological polar surface area (TPSA) is 44.8 Å². The van der Waals surface area contributed by atoms with Crippen molar-refractivity contribution in [2.75, 3.05) is 32.8 Å². The van der Waals surface area contributed by atoms with Gasteiger partial charge in [0.1, 0.15) is 5.75 Å². The van der Waals surface area contributed by atoms with Gasteiger partial charge < -0.3 is 10.1 Å². The molecule has 0 aromatic heterocycles. The second kappa shape index (κ2) is 12.4. The van der Waals surface area contributed by atoms with E-state index in [2.05, 4.69) is 64.5 Å². The van der Waals surface area contributed by atoms with Crippen LogP contribution in [0.1, 0.15) is 56.2 Å². The van der Waals surface area contributed by atoms with E-state index in [0.717, 1.165) is 50.7 Å². The van der Waals surface area contributed by atoms with Gasteiger partial charge in [-0.2, -0.15) is 0 Å². The number of piperidine rings is 2. The van der Waals surface area contributed by atoms with E-state index in [-0.39, 0.29) is 11.8 Å². The molecule has 4 rings (SSSR count). The molecule has 0 saturated carbocycles. The van der Waals surface area contributed by atoms with Crippen LogP contribution in [0, 0.1) is 11.8 Å². The lowest BCUT2D eigenvalue weighted by atomic mass is 9.95. The highest BCUT2D eigenvalue weighted by atomic mass is 16.5. The summed E-state index contributed by atoms with van der Waals surface area (Å²) in [4.78, 5) is 17.8. The van der Waals surface area contributed by atoms with Crippen LogP contribution in [0.4, 0.5) is 0 Å². The Morgan fingerprint density at radius 1 is 0.941 bits per heavy atom. The average molecular weight is 464 g/mol. The van der Waals surface area contributed by atoms with Gasteiger partial charge in [0.15, 0.2) is 0 Å². The van der Waals surface area contributed by atoms with Crippen molar-refractivity contribution in [1.82, 2.24) is 15.1 Å². The van der Waals surface area contributed by atoms with Crippen molar-refractivity contribution < 1.29 is 9.53 Å². The first kappa shape index (κ1) is 24.7. The van der Waals surface area contributed by atoms with Gasteiger partial charge in [0.25, 0.3) is 0 Å². The third-order valence-electron chi connectivity index (χ3n) is 7.21. The number of rotatable bonds is 9. The predicted octanol–water partition coefficient (Wildman–Crippen LogP) is 4.85. The molecule has 2 aromatic rings. The maximum Gasteiger partial charge on any atom is 0.223 e. The number of hydrogen-bond acceptors (Lipinski definition) is 4. The van der Waals surface area contributed by atoms with Crippen molar-refractivity contribution in [3.8, 4) is 5.75 Å². The highest BCUT2D eigenvalue weighted by Gasteiger charge is 2.25. The van der Waals surface area contributed by atoms with Crippen molar-refractivity contribution in [2.45, 2.75) is 59.2 Å². The molecule has 2 aliphatic heterocycles. The zero-order valence-corrected chi connectivity index (χ0v) is 21.0. The largest absolute Gasteiger partial charge is 0.494 e. The molecule has 1 atom stereocenters. The monoisotopic (exact) mass is 463 g/mol. The first-order valence-corrected chi connectivity index (χ1v) is 13.1. The summed E-state index contributed by atoms with van der Waals surface area (Å²) in [6, 6.07) is 17.1. The number of carbonyl (C=O) groups is 1. The summed E-state index contributed by atoms with van der Waals surface area (Å²) in [5.41, 5.74) is 3.81. The molecule has 0 radical (unpaired) electrons. The second-order valence-electron chi connectivity index (χ2n) is 10.1. The zero-order chi connectivity index (χ0) is 23.8. The average Bonchev–Trinajstić information content (AvgIpc) is 2.84. The van der Waals surface area contributed by atoms with Crippen LogP contribution in [0.3, 0.4) is 0 Å². The summed E-state index contributed by atoms with van der Waals surface area (Å²) in [6.07, 6.45) is 4.51. The Morgan fingerprint density at radius 2 is 1.68 bits per heavy atom. The van der Waals surface area contributed by atoms with Gasteiger partial charge in [0.2, 0.25) is 5.91 Å². The number of ether oxygens (including phenoxy) is 1. The second-order valence-corrected chi connectivity index (χ2v) is 10.1. The van der Waals surface area contributed by atoms with Crippen LogP contribution in [0.25, 0.3) is 0 Å². The number of benzene rings is 2. The Hall–Kier alpha value is -2.37. The number of nitrogens with one attached hydrogen (secondary N) is 1. The van der Waals surface area contributed by atoms with Crippen molar-refractivity contribution in [2.24, 2.45) is 11.8 Å². The molecule has 1 N–H and O–H groups in total. The number of amides is 1. The first-order valence-electron chi connectivity index (χ1n) is 13.1. The lowest BCUT2D eigenvalue weighted by molar-refractivity contribution is -0.126. The van der Waals surface area contributed by atoms with Crippen LogP contribution in [0.5, 0.6) is 5.75 Å². The lowest BCUT2D eigenvalue weighted by Crippen LogP contribution is -2.40. The van der Waals surface area contributed by atoms with Gasteiger partial charge in [0.05, 0.1) is 6.61 Å². The van der Waals surface area contributed by atoms with E-state index in [0.29, 0.717) is 13.2 Å². The number of carbonyl (C=O) groups excluding carboxylic acids is 1. The normalized spacial score (nSPS) is 20.2. The molecular weight excluding hydrogens is 422 g/mol. The van der Waals surface area contributed by atoms with Gasteiger partial charge in [-0.05, 0) is 87.0 Å². The molecule has 5 nitrogen and oxygen atoms in total. The Bertz CT molecular complexity index is 906. The van der Waals surface area contributed by atoms with Crippen LogP contribution in [0.15, 0.2) is 48.5 Å². The van der Waals surface area contributed by atoms with Crippen LogP contribution in [-0.4, -0.2) is 48.5 Å². The summed E-state index contributed by atoms with van der Waals surface area (Å²) in [6.45, 7) is 11.9. The molecule has 2 heterocycles. The molecule has 5 heteroatoms. The number of nitrogens with zero attached hydrogens (tertiary/aromatic N) is 2.